The molecule has 0 spiro atoms. The van der Waals surface area contributed by atoms with Gasteiger partial charge in [-0.3, -0.25) is 14.0 Å². The van der Waals surface area contributed by atoms with Crippen molar-refractivity contribution >= 4 is 17.4 Å². The molecule has 1 saturated carbocycles. The van der Waals surface area contributed by atoms with E-state index in [4.69, 9.17) is 0 Å². The molecule has 1 unspecified atom stereocenters. The highest BCUT2D eigenvalue weighted by Crippen LogP contribution is 2.26. The van der Waals surface area contributed by atoms with Crippen molar-refractivity contribution in [3.05, 3.63) is 64.3 Å². The molecule has 1 atom stereocenters. The van der Waals surface area contributed by atoms with E-state index in [9.17, 15) is 9.59 Å². The van der Waals surface area contributed by atoms with Crippen LogP contribution < -0.4 is 21.1 Å². The van der Waals surface area contributed by atoms with Gasteiger partial charge in [0.2, 0.25) is 0 Å². The fourth-order valence-electron chi connectivity index (χ4n) is 4.43. The lowest BCUT2D eigenvalue weighted by Gasteiger charge is -2.35. The van der Waals surface area contributed by atoms with Crippen LogP contribution in [0.2, 0.25) is 0 Å². The number of carbonyl (C=O) groups is 1. The van der Waals surface area contributed by atoms with Gasteiger partial charge in [-0.1, -0.05) is 12.5 Å². The first kappa shape index (κ1) is 21.5. The van der Waals surface area contributed by atoms with E-state index in [0.29, 0.717) is 17.4 Å². The molecule has 3 aromatic heterocycles. The summed E-state index contributed by atoms with van der Waals surface area (Å²) in [4.78, 5) is 31.3. The molecule has 1 saturated heterocycles. The molecule has 1 amide bonds. The van der Waals surface area contributed by atoms with E-state index in [0.717, 1.165) is 37.8 Å². The fraction of sp³-hybridized carbons (Fsp3) is 0.458. The quantitative estimate of drug-likeness (QED) is 0.569. The zero-order valence-electron chi connectivity index (χ0n) is 18.6. The van der Waals surface area contributed by atoms with Gasteiger partial charge in [-0.15, -0.1) is 5.10 Å². The molecule has 172 valence electrons. The Labute approximate surface area is 192 Å². The van der Waals surface area contributed by atoms with Gasteiger partial charge in [0, 0.05) is 31.4 Å². The highest BCUT2D eigenvalue weighted by atomic mass is 16.2. The number of fused-ring (bicyclic) bond motifs is 1. The molecule has 5 rings (SSSR count). The third-order valence-electron chi connectivity index (χ3n) is 6.60. The first-order valence-electron chi connectivity index (χ1n) is 11.7. The fourth-order valence-corrected chi connectivity index (χ4v) is 4.43. The van der Waals surface area contributed by atoms with Crippen molar-refractivity contribution in [2.75, 3.05) is 24.5 Å². The lowest BCUT2D eigenvalue weighted by Crippen LogP contribution is -2.47. The number of anilines is 1. The van der Waals surface area contributed by atoms with E-state index in [1.165, 1.54) is 36.2 Å². The molecule has 2 fully saturated rings. The third kappa shape index (κ3) is 5.03. The number of nitrogens with one attached hydrogen (secondary N) is 2. The summed E-state index contributed by atoms with van der Waals surface area (Å²) < 4.78 is 1.40. The highest BCUT2D eigenvalue weighted by Gasteiger charge is 2.23. The van der Waals surface area contributed by atoms with Crippen molar-refractivity contribution in [1.29, 1.82) is 0 Å². The molecule has 2 N–H and O–H groups in total. The second-order valence-corrected chi connectivity index (χ2v) is 8.96. The maximum atomic E-state index is 12.5. The number of aromatic nitrogens is 4. The van der Waals surface area contributed by atoms with Gasteiger partial charge in [0.25, 0.3) is 11.5 Å². The summed E-state index contributed by atoms with van der Waals surface area (Å²) >= 11 is 0. The average Bonchev–Trinajstić information content (AvgIpc) is 2.82. The van der Waals surface area contributed by atoms with Crippen molar-refractivity contribution in [3.8, 4) is 0 Å². The minimum absolute atomic E-state index is 0.0875. The van der Waals surface area contributed by atoms with Crippen LogP contribution in [0.4, 0.5) is 5.82 Å². The number of nitrogens with zero attached hydrogens (tertiary/aromatic N) is 5. The number of carbonyl (C=O) groups excluding carboxylic acids is 1. The Morgan fingerprint density at radius 1 is 1.09 bits per heavy atom. The van der Waals surface area contributed by atoms with Crippen LogP contribution in [0.3, 0.4) is 0 Å². The molecule has 0 radical (unpaired) electrons. The normalized spacial score (nSPS) is 18.8. The molecule has 3 aromatic rings. The Morgan fingerprint density at radius 3 is 2.79 bits per heavy atom. The maximum absolute atomic E-state index is 12.5. The van der Waals surface area contributed by atoms with Crippen LogP contribution in [0.1, 0.15) is 48.3 Å². The molecule has 1 aliphatic carbocycles. The molecule has 4 heterocycles. The van der Waals surface area contributed by atoms with E-state index < -0.39 is 5.91 Å². The van der Waals surface area contributed by atoms with Gasteiger partial charge in [-0.2, -0.15) is 5.10 Å². The Bertz CT molecular complexity index is 1170. The second kappa shape index (κ2) is 9.66. The Balaban J connectivity index is 1.16. The molecule has 9 nitrogen and oxygen atoms in total. The average molecular weight is 448 g/mol. The molecular formula is C24H29N7O2. The van der Waals surface area contributed by atoms with Crippen LogP contribution in [0, 0.1) is 5.92 Å². The predicted molar refractivity (Wildman–Crippen MR) is 125 cm³/mol. The second-order valence-electron chi connectivity index (χ2n) is 8.96. The number of hydrogen-bond acceptors (Lipinski definition) is 7. The van der Waals surface area contributed by atoms with Crippen molar-refractivity contribution < 1.29 is 4.79 Å². The summed E-state index contributed by atoms with van der Waals surface area (Å²) in [6, 6.07) is 10.8. The van der Waals surface area contributed by atoms with E-state index in [2.05, 4.69) is 30.7 Å². The van der Waals surface area contributed by atoms with Crippen LogP contribution >= 0.6 is 0 Å². The predicted octanol–water partition coefficient (Wildman–Crippen LogP) is 1.77. The lowest BCUT2D eigenvalue weighted by molar-refractivity contribution is 0.0945. The van der Waals surface area contributed by atoms with Crippen LogP contribution in [0.15, 0.2) is 47.4 Å². The van der Waals surface area contributed by atoms with Gasteiger partial charge in [0.05, 0.1) is 12.2 Å². The molecule has 0 bridgehead atoms. The Hall–Kier alpha value is -3.33. The highest BCUT2D eigenvalue weighted by molar-refractivity contribution is 5.92. The van der Waals surface area contributed by atoms with Gasteiger partial charge in [0.1, 0.15) is 11.3 Å². The van der Waals surface area contributed by atoms with E-state index in [1.807, 2.05) is 12.1 Å². The van der Waals surface area contributed by atoms with Gasteiger partial charge >= 0.3 is 0 Å². The summed E-state index contributed by atoms with van der Waals surface area (Å²) in [6.07, 6.45) is 8.07. The van der Waals surface area contributed by atoms with Crippen LogP contribution in [-0.2, 0) is 6.54 Å². The molecule has 1 aliphatic heterocycles. The maximum Gasteiger partial charge on any atom is 0.270 e. The monoisotopic (exact) mass is 447 g/mol. The first-order chi connectivity index (χ1) is 16.2. The van der Waals surface area contributed by atoms with Gasteiger partial charge < -0.3 is 15.5 Å². The third-order valence-corrected chi connectivity index (χ3v) is 6.60. The van der Waals surface area contributed by atoms with Crippen molar-refractivity contribution in [3.63, 3.8) is 0 Å². The van der Waals surface area contributed by atoms with Crippen LogP contribution in [0.5, 0.6) is 0 Å². The number of amides is 1. The van der Waals surface area contributed by atoms with Gasteiger partial charge in [0.15, 0.2) is 5.82 Å². The van der Waals surface area contributed by atoms with Crippen molar-refractivity contribution in [2.45, 2.75) is 44.7 Å². The number of piperidine rings is 1. The van der Waals surface area contributed by atoms with Crippen LogP contribution in [-0.4, -0.2) is 51.2 Å². The molecule has 2 aliphatic rings. The smallest absolute Gasteiger partial charge is 0.270 e. The topological polar surface area (TPSA) is 105 Å². The molecule has 9 heteroatoms. The molecule has 33 heavy (non-hydrogen) atoms. The first-order valence-corrected chi connectivity index (χ1v) is 11.7. The van der Waals surface area contributed by atoms with Gasteiger partial charge in [-0.05, 0) is 62.4 Å². The zero-order valence-corrected chi connectivity index (χ0v) is 18.6. The summed E-state index contributed by atoms with van der Waals surface area (Å²) in [5.74, 6) is 1.31. The Kier molecular flexibility index (Phi) is 6.30. The number of rotatable bonds is 7. The summed E-state index contributed by atoms with van der Waals surface area (Å²) in [6.45, 7) is 3.27. The van der Waals surface area contributed by atoms with E-state index in [1.54, 1.807) is 24.4 Å². The lowest BCUT2D eigenvalue weighted by atomic mass is 9.85. The van der Waals surface area contributed by atoms with Crippen LogP contribution in [0.25, 0.3) is 5.65 Å². The summed E-state index contributed by atoms with van der Waals surface area (Å²) in [5.41, 5.74) is 0.879. The molecule has 0 aromatic carbocycles. The summed E-state index contributed by atoms with van der Waals surface area (Å²) in [5, 5.41) is 15.2. The minimum atomic E-state index is -0.416. The summed E-state index contributed by atoms with van der Waals surface area (Å²) in [7, 11) is 0. The largest absolute Gasteiger partial charge is 0.354 e. The SMILES string of the molecule is O=C(NCc1ccc(N2CCCC(NCC3CCC3)C2)nn1)c1cc(=O)n2ccccc2n1. The van der Waals surface area contributed by atoms with Gasteiger partial charge in [-0.25, -0.2) is 4.98 Å². The van der Waals surface area contributed by atoms with Crippen molar-refractivity contribution in [1.82, 2.24) is 30.2 Å². The number of hydrogen-bond donors (Lipinski definition) is 2. The van der Waals surface area contributed by atoms with E-state index in [-0.39, 0.29) is 17.8 Å². The number of pyridine rings is 1. The molecular weight excluding hydrogens is 418 g/mol. The van der Waals surface area contributed by atoms with E-state index >= 15 is 0 Å². The standard InChI is InChI=1S/C24H29N7O2/c32-23-13-20(27-21-8-1-2-12-31(21)23)24(33)26-15-18-9-10-22(29-28-18)30-11-4-7-19(16-30)25-14-17-5-3-6-17/h1-2,8-10,12-13,17,19,25H,3-7,11,14-16H2,(H,26,33). The zero-order chi connectivity index (χ0) is 22.6. The minimum Gasteiger partial charge on any atom is -0.354 e. The Morgan fingerprint density at radius 2 is 2.00 bits per heavy atom. The van der Waals surface area contributed by atoms with Crippen molar-refractivity contribution in [2.24, 2.45) is 5.92 Å².